The van der Waals surface area contributed by atoms with Crippen molar-refractivity contribution in [2.75, 3.05) is 0 Å². The fourth-order valence-corrected chi connectivity index (χ4v) is 3.22. The second-order valence-corrected chi connectivity index (χ2v) is 5.73. The van der Waals surface area contributed by atoms with Crippen molar-refractivity contribution in [3.63, 3.8) is 0 Å². The number of halogens is 2. The largest absolute Gasteiger partial charge is 0.508 e. The van der Waals surface area contributed by atoms with Crippen LogP contribution in [0.3, 0.4) is 0 Å². The highest BCUT2D eigenvalue weighted by molar-refractivity contribution is 9.11. The number of hydrogen-bond donors (Lipinski definition) is 1. The molecule has 0 spiro atoms. The van der Waals surface area contributed by atoms with Gasteiger partial charge in [-0.15, -0.1) is 11.3 Å². The Morgan fingerprint density at radius 2 is 2.08 bits per heavy atom. The zero-order valence-corrected chi connectivity index (χ0v) is 10.5. The number of phenols is 1. The minimum absolute atomic E-state index is 0.360. The van der Waals surface area contributed by atoms with E-state index in [1.54, 1.807) is 17.4 Å². The minimum atomic E-state index is 0.360. The molecular formula is C9H6Br2OS. The van der Waals surface area contributed by atoms with Gasteiger partial charge in [-0.25, -0.2) is 0 Å². The lowest BCUT2D eigenvalue weighted by Crippen LogP contribution is -1.77. The van der Waals surface area contributed by atoms with E-state index >= 15 is 0 Å². The fourth-order valence-electron chi connectivity index (χ4n) is 1.20. The van der Waals surface area contributed by atoms with Gasteiger partial charge in [-0.05, 0) is 39.5 Å². The summed E-state index contributed by atoms with van der Waals surface area (Å²) in [4.78, 5) is 0. The fraction of sp³-hybridized carbons (Fsp3) is 0.111. The highest BCUT2D eigenvalue weighted by atomic mass is 79.9. The van der Waals surface area contributed by atoms with Crippen molar-refractivity contribution in [2.45, 2.75) is 5.33 Å². The van der Waals surface area contributed by atoms with E-state index in [9.17, 15) is 5.11 Å². The maximum absolute atomic E-state index is 9.58. The lowest BCUT2D eigenvalue weighted by Gasteiger charge is -1.99. The number of phenolic OH excluding ortho intramolecular Hbond substituents is 1. The quantitative estimate of drug-likeness (QED) is 0.778. The third kappa shape index (κ3) is 1.75. The lowest BCUT2D eigenvalue weighted by molar-refractivity contribution is 0.472. The van der Waals surface area contributed by atoms with Crippen LogP contribution in [-0.2, 0) is 5.33 Å². The Kier molecular flexibility index (Phi) is 2.62. The summed E-state index contributed by atoms with van der Waals surface area (Å²) < 4.78 is 2.20. The molecule has 1 heterocycles. The van der Waals surface area contributed by atoms with Crippen LogP contribution in [0, 0.1) is 0 Å². The molecule has 0 saturated heterocycles. The van der Waals surface area contributed by atoms with Crippen LogP contribution in [0.1, 0.15) is 5.56 Å². The van der Waals surface area contributed by atoms with Crippen molar-refractivity contribution in [3.05, 3.63) is 27.5 Å². The summed E-state index contributed by atoms with van der Waals surface area (Å²) in [5, 5.41) is 11.4. The Bertz CT molecular complexity index is 450. The number of aromatic hydroxyl groups is 1. The maximum Gasteiger partial charge on any atom is 0.121 e. The molecule has 0 saturated carbocycles. The topological polar surface area (TPSA) is 20.2 Å². The number of hydrogen-bond acceptors (Lipinski definition) is 2. The molecule has 0 aliphatic rings. The van der Waals surface area contributed by atoms with Gasteiger partial charge < -0.3 is 5.11 Å². The Morgan fingerprint density at radius 3 is 2.77 bits per heavy atom. The molecule has 1 N–H and O–H groups in total. The van der Waals surface area contributed by atoms with E-state index in [1.807, 2.05) is 6.07 Å². The molecule has 2 aromatic rings. The van der Waals surface area contributed by atoms with E-state index in [1.165, 1.54) is 5.39 Å². The Labute approximate surface area is 96.6 Å². The van der Waals surface area contributed by atoms with Crippen molar-refractivity contribution in [3.8, 4) is 5.75 Å². The van der Waals surface area contributed by atoms with Crippen molar-refractivity contribution < 1.29 is 5.11 Å². The standard InChI is InChI=1S/C9H6Br2OS/c10-4-6-1-5-2-9(11)13-8(5)3-7(6)12/h1-3,12H,4H2. The van der Waals surface area contributed by atoms with Gasteiger partial charge in [0, 0.05) is 15.6 Å². The molecule has 0 unspecified atom stereocenters. The van der Waals surface area contributed by atoms with Gasteiger partial charge in [0.05, 0.1) is 3.79 Å². The number of rotatable bonds is 1. The molecule has 0 fully saturated rings. The monoisotopic (exact) mass is 320 g/mol. The predicted octanol–water partition coefficient (Wildman–Crippen LogP) is 4.26. The van der Waals surface area contributed by atoms with E-state index < -0.39 is 0 Å². The third-order valence-electron chi connectivity index (χ3n) is 1.83. The van der Waals surface area contributed by atoms with Crippen molar-refractivity contribution in [1.82, 2.24) is 0 Å². The normalized spacial score (nSPS) is 10.9. The van der Waals surface area contributed by atoms with Crippen LogP contribution in [-0.4, -0.2) is 5.11 Å². The van der Waals surface area contributed by atoms with Gasteiger partial charge in [-0.2, -0.15) is 0 Å². The summed E-state index contributed by atoms with van der Waals surface area (Å²) in [6.45, 7) is 0. The van der Waals surface area contributed by atoms with Crippen LogP contribution in [0.4, 0.5) is 0 Å². The van der Waals surface area contributed by atoms with Crippen LogP contribution in [0.2, 0.25) is 0 Å². The van der Waals surface area contributed by atoms with Crippen molar-refractivity contribution >= 4 is 53.3 Å². The molecule has 0 amide bonds. The van der Waals surface area contributed by atoms with Crippen molar-refractivity contribution in [2.24, 2.45) is 0 Å². The molecule has 4 heteroatoms. The summed E-state index contributed by atoms with van der Waals surface area (Å²) >= 11 is 8.38. The molecule has 0 radical (unpaired) electrons. The smallest absolute Gasteiger partial charge is 0.121 e. The van der Waals surface area contributed by atoms with Gasteiger partial charge in [0.2, 0.25) is 0 Å². The summed E-state index contributed by atoms with van der Waals surface area (Å²) in [7, 11) is 0. The second kappa shape index (κ2) is 3.59. The van der Waals surface area contributed by atoms with Gasteiger partial charge in [-0.3, -0.25) is 0 Å². The first kappa shape index (κ1) is 9.49. The first-order valence-corrected chi connectivity index (χ1v) is 6.40. The van der Waals surface area contributed by atoms with E-state index in [-0.39, 0.29) is 0 Å². The van der Waals surface area contributed by atoms with Crippen LogP contribution in [0.25, 0.3) is 10.1 Å². The number of alkyl halides is 1. The molecule has 13 heavy (non-hydrogen) atoms. The van der Waals surface area contributed by atoms with Gasteiger partial charge in [-0.1, -0.05) is 15.9 Å². The van der Waals surface area contributed by atoms with Gasteiger partial charge >= 0.3 is 0 Å². The van der Waals surface area contributed by atoms with E-state index in [2.05, 4.69) is 37.9 Å². The molecule has 1 nitrogen and oxygen atoms in total. The van der Waals surface area contributed by atoms with Crippen LogP contribution >= 0.6 is 43.2 Å². The molecule has 0 aliphatic heterocycles. The average Bonchev–Trinajstić information content (AvgIpc) is 2.42. The van der Waals surface area contributed by atoms with Crippen LogP contribution in [0.15, 0.2) is 22.0 Å². The van der Waals surface area contributed by atoms with E-state index in [4.69, 9.17) is 0 Å². The lowest BCUT2D eigenvalue weighted by atomic mass is 10.2. The number of benzene rings is 1. The van der Waals surface area contributed by atoms with Gasteiger partial charge in [0.25, 0.3) is 0 Å². The SMILES string of the molecule is Oc1cc2sc(Br)cc2cc1CBr. The zero-order valence-electron chi connectivity index (χ0n) is 6.55. The summed E-state index contributed by atoms with van der Waals surface area (Å²) in [6.07, 6.45) is 0. The maximum atomic E-state index is 9.58. The first-order chi connectivity index (χ1) is 6.20. The second-order valence-electron chi connectivity index (χ2n) is 2.70. The molecule has 0 bridgehead atoms. The summed E-state index contributed by atoms with van der Waals surface area (Å²) in [5.74, 6) is 0.360. The zero-order chi connectivity index (χ0) is 9.42. The van der Waals surface area contributed by atoms with Gasteiger partial charge in [0.1, 0.15) is 5.75 Å². The first-order valence-electron chi connectivity index (χ1n) is 3.67. The molecular weight excluding hydrogens is 316 g/mol. The Hall–Kier alpha value is -0.0600. The molecule has 1 aromatic carbocycles. The summed E-state index contributed by atoms with van der Waals surface area (Å²) in [6, 6.07) is 5.87. The predicted molar refractivity (Wildman–Crippen MR) is 63.8 cm³/mol. The molecule has 68 valence electrons. The minimum Gasteiger partial charge on any atom is -0.508 e. The highest BCUT2D eigenvalue weighted by Crippen LogP contribution is 2.34. The third-order valence-corrected chi connectivity index (χ3v) is 4.04. The Balaban J connectivity index is 2.72. The molecule has 1 aromatic heterocycles. The van der Waals surface area contributed by atoms with Gasteiger partial charge in [0.15, 0.2) is 0 Å². The van der Waals surface area contributed by atoms with Crippen molar-refractivity contribution in [1.29, 1.82) is 0 Å². The Morgan fingerprint density at radius 1 is 1.31 bits per heavy atom. The van der Waals surface area contributed by atoms with Crippen LogP contribution < -0.4 is 0 Å². The number of thiophene rings is 1. The molecule has 2 rings (SSSR count). The highest BCUT2D eigenvalue weighted by Gasteiger charge is 2.05. The molecule has 0 atom stereocenters. The summed E-state index contributed by atoms with van der Waals surface area (Å²) in [5.41, 5.74) is 0.929. The van der Waals surface area contributed by atoms with E-state index in [0.29, 0.717) is 11.1 Å². The average molecular weight is 322 g/mol. The van der Waals surface area contributed by atoms with Crippen LogP contribution in [0.5, 0.6) is 5.75 Å². The van der Waals surface area contributed by atoms with E-state index in [0.717, 1.165) is 14.0 Å². The number of fused-ring (bicyclic) bond motifs is 1. The molecule has 0 aliphatic carbocycles.